The quantitative estimate of drug-likeness (QED) is 0.0689. The van der Waals surface area contributed by atoms with Crippen LogP contribution in [0.1, 0.15) is 5.69 Å². The first-order valence-electron chi connectivity index (χ1n) is 47.5. The largest absolute Gasteiger partial charge is 0.394 e. The van der Waals surface area contributed by atoms with Gasteiger partial charge in [0.05, 0.1) is 98.6 Å². The SMILES string of the molecule is OC[C@H]1O[C@@H]2O[C@H]3[C@H](O)[C@@H](O)[C@@H](O[C@H]4[C@H](O)[C@@H](O)[C@@H](O[C@H]5[C@H](O)[C@@H](O)[C@@H](O[C@H]6[C@H](O)[C@@H](O)[C@@H](O[C@H]7[C@H](O)[C@@H](O)[C@@H](O[C@H]8[C@H](O)[C@@H](O)[C@@H](O[C@H]1[C@H](O)[C@H]2O)O[C@@H]8CO)O[C@@H]7CO)O[C@@H]6CO)O[C@@H]5Cn1cc(CO[C@H]2[C@H]5O[C@H]6[C@H](O)[C@@H](O)[C@@H](O[C@H]7[C@H](O)[C@@H](O)[C@@H](O[C@H]8[C@H](O)[C@@H](O)[C@@H](O[C@H]9[C@H](O)[C@@H](O)[C@@H](O[C@H]%10[C@H](O)[C@@H](O)[C@@H](O[C@@H]([C@@H]2O)[C@@H](CO)O5)O[C@@H]%10CO)O[C@@H]9CO)O[C@@H]8CO)O[C@@H]7CO)O[C@@H]6CO)nn1)O[C@@H]4CO)O[C@@H]3CO. The number of aromatic nitrogens is 3. The lowest BCUT2D eigenvalue weighted by atomic mass is 9.94. The van der Waals surface area contributed by atoms with E-state index in [4.69, 9.17) is 128 Å². The summed E-state index contributed by atoms with van der Waals surface area (Å²) >= 11 is 0. The molecule has 26 bridgehead atoms. The average molecular weight is 2170 g/mol. The summed E-state index contributed by atoms with van der Waals surface area (Å²) in [6.45, 7) is -16.0. The Morgan fingerprint density at radius 2 is 0.311 bits per heavy atom. The number of rotatable bonds is 17. The predicted molar refractivity (Wildman–Crippen MR) is 440 cm³/mol. The molecule has 67 nitrogen and oxygen atoms in total. The highest BCUT2D eigenvalue weighted by Gasteiger charge is 2.65. The molecular weight excluding hydrogens is 2040 g/mol. The Morgan fingerprint density at radius 1 is 0.176 bits per heavy atom. The molecule has 37 fully saturated rings. The van der Waals surface area contributed by atoms with Crippen molar-refractivity contribution in [1.29, 1.82) is 0 Å². The van der Waals surface area contributed by atoms with Gasteiger partial charge in [0, 0.05) is 0 Å². The fourth-order valence-corrected chi connectivity index (χ4v) is 20.4. The molecule has 38 heterocycles. The molecule has 37 saturated heterocycles. The van der Waals surface area contributed by atoms with Gasteiger partial charge in [-0.1, -0.05) is 5.21 Å². The molecule has 854 valence electrons. The number of nitrogens with zero attached hydrogens (tertiary/aromatic N) is 3. The monoisotopic (exact) mass is 2170 g/mol. The molecule has 148 heavy (non-hydrogen) atoms. The molecule has 65 atom stereocenters. The molecule has 1 aromatic rings. The minimum Gasteiger partial charge on any atom is -0.394 e. The van der Waals surface area contributed by atoms with Gasteiger partial charge in [-0.15, -0.1) is 5.10 Å². The predicted octanol–water partition coefficient (Wildman–Crippen LogP) is -27.4. The Bertz CT molecular complexity index is 4200. The van der Waals surface area contributed by atoms with Gasteiger partial charge >= 0.3 is 0 Å². The zero-order chi connectivity index (χ0) is 107. The molecular formula is C81H131N3O64. The van der Waals surface area contributed by atoms with Crippen LogP contribution in [0.5, 0.6) is 0 Å². The maximum Gasteiger partial charge on any atom is 0.187 e. The summed E-state index contributed by atoms with van der Waals surface area (Å²) in [5, 5.41) is 433. The van der Waals surface area contributed by atoms with Crippen molar-refractivity contribution in [2.24, 2.45) is 0 Å². The third kappa shape index (κ3) is 23.3. The van der Waals surface area contributed by atoms with Crippen LogP contribution in [0.2, 0.25) is 0 Å². The van der Waals surface area contributed by atoms with Gasteiger partial charge in [0.15, 0.2) is 81.8 Å². The van der Waals surface area contributed by atoms with Crippen molar-refractivity contribution in [3.05, 3.63) is 11.9 Å². The van der Waals surface area contributed by atoms with E-state index in [0.29, 0.717) is 0 Å². The van der Waals surface area contributed by atoms with E-state index in [1.54, 1.807) is 0 Å². The highest BCUT2D eigenvalue weighted by atomic mass is 16.8. The average Bonchev–Trinajstić information content (AvgIpc) is 0.933. The number of hydrogen-bond donors (Lipinski definition) is 37. The molecule has 1 aromatic heterocycles. The van der Waals surface area contributed by atoms with Crippen molar-refractivity contribution in [2.45, 2.75) is 412 Å². The Hall–Kier alpha value is -3.42. The molecule has 0 amide bonds. The van der Waals surface area contributed by atoms with Gasteiger partial charge in [0.1, 0.15) is 323 Å². The second-order valence-electron chi connectivity index (χ2n) is 38.0. The summed E-state index contributed by atoms with van der Waals surface area (Å²) < 4.78 is 160. The second kappa shape index (κ2) is 50.0. The van der Waals surface area contributed by atoms with E-state index in [1.807, 2.05) is 0 Å². The lowest BCUT2D eigenvalue weighted by molar-refractivity contribution is -0.405. The van der Waals surface area contributed by atoms with Crippen LogP contribution in [0.15, 0.2) is 6.20 Å². The number of hydrogen-bond acceptors (Lipinski definition) is 66. The topological polar surface area (TPSA) is 1030 Å². The minimum absolute atomic E-state index is 0.365. The third-order valence-corrected chi connectivity index (χ3v) is 28.6. The standard InChI is InChI=1S/C81H131N3O64/c85-3-18-56-32(99)44(111)71(125-18)139-58-20(5-87)127-73(46(113)34(58)101)141-60-22(7-89)129-75(48(115)36(60)103)142-61-23(8-90)128-74(47(114)35(61)102)140-59-21(6-88)126-72(45(112)33(59)100)138-57-19(4-86)124-70(43(110)31(57)98)136-55-17(123-69(137-56)42(109)30(55)97)2-84-1-16(82-83-84)15-122-68-54(121)67-29(14-96)135-81(68)148-66-28(13-95)134-79(53(120)41(66)108)146-64-26(11-93)132-77(51(118)39(64)106)144-62-24(9-91)130-76(49(116)37(62)104)143-63-25(10-92)131-78(50(117)38(63)105)145-65-27(12-94)133-80(147-67)52(119)40(65)107/h1,17-81,85-121H,2-15H2/t17-,18-,19-,20-,21-,22-,23-,24-,25-,26-,27-,28-,29-,30-,31-,32-,33-,34-,35-,36-,37-,38-,39-,40-,41-,42-,43-,44-,45-,46-,47-,48-,49-,50-,51-,52-,53-,54+,55-,56-,57-,58-,59-,60-,61-,62-,63-,64-,65-,66-,67-,68-,69-,70-,71-,72-,73-,74-,75-,76-,77-,78-,79-,80-,81-/m1/s1. The lowest BCUT2D eigenvalue weighted by Gasteiger charge is -2.51. The van der Waals surface area contributed by atoms with Gasteiger partial charge < -0.3 is 317 Å². The maximum absolute atomic E-state index is 12.8. The number of aliphatic hydroxyl groups excluding tert-OH is 37. The van der Waals surface area contributed by atoms with E-state index < -0.39 is 492 Å². The van der Waals surface area contributed by atoms with Gasteiger partial charge in [0.2, 0.25) is 0 Å². The van der Waals surface area contributed by atoms with E-state index in [1.165, 1.54) is 0 Å². The van der Waals surface area contributed by atoms with Crippen LogP contribution in [0, 0.1) is 0 Å². The van der Waals surface area contributed by atoms with Crippen molar-refractivity contribution in [3.8, 4) is 0 Å². The maximum atomic E-state index is 12.8. The molecule has 37 aliphatic rings. The zero-order valence-corrected chi connectivity index (χ0v) is 77.4. The highest BCUT2D eigenvalue weighted by Crippen LogP contribution is 2.45. The fraction of sp³-hybridized carbons (Fsp3) is 0.975. The molecule has 0 spiro atoms. The molecule has 0 aliphatic carbocycles. The first-order chi connectivity index (χ1) is 70.6. The summed E-state index contributed by atoms with van der Waals surface area (Å²) in [4.78, 5) is 0. The van der Waals surface area contributed by atoms with E-state index in [9.17, 15) is 189 Å². The van der Waals surface area contributed by atoms with Crippen LogP contribution in [0.4, 0.5) is 0 Å². The summed E-state index contributed by atoms with van der Waals surface area (Å²) in [6, 6.07) is 0. The molecule has 37 aliphatic heterocycles. The molecule has 0 radical (unpaired) electrons. The lowest BCUT2D eigenvalue weighted by Crippen LogP contribution is -2.69. The van der Waals surface area contributed by atoms with Crippen molar-refractivity contribution < 1.29 is 317 Å². The van der Waals surface area contributed by atoms with Crippen LogP contribution in [0.25, 0.3) is 0 Å². The van der Waals surface area contributed by atoms with Crippen LogP contribution >= 0.6 is 0 Å². The normalized spacial score (nSPS) is 54.0. The van der Waals surface area contributed by atoms with E-state index in [-0.39, 0.29) is 5.69 Å². The number of aliphatic hydroxyl groups is 37. The first-order valence-corrected chi connectivity index (χ1v) is 47.5. The molecule has 37 N–H and O–H groups in total. The summed E-state index contributed by atoms with van der Waals surface area (Å²) in [5.41, 5.74) is -0.365. The molecule has 67 heteroatoms. The Labute approximate surface area is 832 Å². The zero-order valence-electron chi connectivity index (χ0n) is 77.4. The van der Waals surface area contributed by atoms with Crippen molar-refractivity contribution in [2.75, 3.05) is 79.3 Å². The van der Waals surface area contributed by atoms with Crippen LogP contribution in [0.3, 0.4) is 0 Å². The van der Waals surface area contributed by atoms with E-state index in [0.717, 1.165) is 10.9 Å². The van der Waals surface area contributed by atoms with Crippen LogP contribution in [-0.2, 0) is 141 Å². The van der Waals surface area contributed by atoms with Gasteiger partial charge in [-0.05, 0) is 0 Å². The van der Waals surface area contributed by atoms with E-state index in [2.05, 4.69) is 10.3 Å². The summed E-state index contributed by atoms with van der Waals surface area (Å²) in [6.07, 6.45) is -141. The molecule has 0 aromatic carbocycles. The van der Waals surface area contributed by atoms with E-state index >= 15 is 0 Å². The highest BCUT2D eigenvalue weighted by molar-refractivity contribution is 5.08. The van der Waals surface area contributed by atoms with Crippen molar-refractivity contribution in [3.63, 3.8) is 0 Å². The van der Waals surface area contributed by atoms with Crippen LogP contribution in [-0.4, -0.2) is 682 Å². The Kier molecular flexibility index (Phi) is 39.6. The summed E-state index contributed by atoms with van der Waals surface area (Å²) in [7, 11) is 0. The minimum atomic E-state index is -2.50. The van der Waals surface area contributed by atoms with Crippen LogP contribution < -0.4 is 0 Å². The summed E-state index contributed by atoms with van der Waals surface area (Å²) in [5.74, 6) is 0. The molecule has 38 rings (SSSR count). The Morgan fingerprint density at radius 3 is 0.473 bits per heavy atom. The first kappa shape index (κ1) is 117. The van der Waals surface area contributed by atoms with Gasteiger partial charge in [-0.3, -0.25) is 0 Å². The van der Waals surface area contributed by atoms with Gasteiger partial charge in [-0.2, -0.15) is 0 Å². The third-order valence-electron chi connectivity index (χ3n) is 28.6. The Balaban J connectivity index is 0.688. The van der Waals surface area contributed by atoms with Crippen molar-refractivity contribution >= 4 is 0 Å². The smallest absolute Gasteiger partial charge is 0.187 e. The fourth-order valence-electron chi connectivity index (χ4n) is 20.4. The van der Waals surface area contributed by atoms with Gasteiger partial charge in [-0.25, -0.2) is 4.68 Å². The van der Waals surface area contributed by atoms with Gasteiger partial charge in [0.25, 0.3) is 0 Å². The second-order valence-corrected chi connectivity index (χ2v) is 38.0. The molecule has 0 unspecified atom stereocenters. The van der Waals surface area contributed by atoms with Crippen molar-refractivity contribution in [1.82, 2.24) is 15.0 Å². The number of ether oxygens (including phenoxy) is 27. The molecule has 0 saturated carbocycles.